The molecule has 1 aromatic carbocycles. The van der Waals surface area contributed by atoms with Gasteiger partial charge < -0.3 is 4.90 Å². The predicted molar refractivity (Wildman–Crippen MR) is 69.8 cm³/mol. The molecule has 0 spiro atoms. The SMILES string of the molecule is CCN(CC)C(=O)CSc1ccc(C)cc1. The summed E-state index contributed by atoms with van der Waals surface area (Å²) >= 11 is 1.61. The van der Waals surface area contributed by atoms with Crippen molar-refractivity contribution in [2.75, 3.05) is 18.8 Å². The summed E-state index contributed by atoms with van der Waals surface area (Å²) in [5, 5.41) is 0. The van der Waals surface area contributed by atoms with E-state index < -0.39 is 0 Å². The first-order chi connectivity index (χ1) is 7.67. The molecule has 0 atom stereocenters. The van der Waals surface area contributed by atoms with Crippen molar-refractivity contribution in [1.29, 1.82) is 0 Å². The molecule has 0 unspecified atom stereocenters. The highest BCUT2D eigenvalue weighted by Crippen LogP contribution is 2.18. The molecule has 1 amide bonds. The van der Waals surface area contributed by atoms with Gasteiger partial charge in [-0.1, -0.05) is 17.7 Å². The molecule has 0 saturated carbocycles. The third-order valence-corrected chi connectivity index (χ3v) is 3.50. The van der Waals surface area contributed by atoms with Crippen molar-refractivity contribution in [1.82, 2.24) is 4.90 Å². The van der Waals surface area contributed by atoms with Crippen molar-refractivity contribution in [2.24, 2.45) is 0 Å². The first kappa shape index (κ1) is 13.1. The zero-order valence-corrected chi connectivity index (χ0v) is 11.0. The molecular formula is C13H19NOS. The van der Waals surface area contributed by atoms with E-state index in [-0.39, 0.29) is 5.91 Å². The summed E-state index contributed by atoms with van der Waals surface area (Å²) in [4.78, 5) is 14.8. The lowest BCUT2D eigenvalue weighted by atomic mass is 10.2. The second-order valence-electron chi connectivity index (χ2n) is 3.67. The van der Waals surface area contributed by atoms with Crippen LogP contribution in [0.15, 0.2) is 29.2 Å². The molecule has 2 nitrogen and oxygen atoms in total. The van der Waals surface area contributed by atoms with Gasteiger partial charge in [-0.3, -0.25) is 4.79 Å². The maximum Gasteiger partial charge on any atom is 0.232 e. The van der Waals surface area contributed by atoms with E-state index in [1.807, 2.05) is 18.7 Å². The van der Waals surface area contributed by atoms with Crippen LogP contribution in [0.2, 0.25) is 0 Å². The van der Waals surface area contributed by atoms with Gasteiger partial charge >= 0.3 is 0 Å². The van der Waals surface area contributed by atoms with Crippen LogP contribution in [0.3, 0.4) is 0 Å². The van der Waals surface area contributed by atoms with Gasteiger partial charge in [0.25, 0.3) is 0 Å². The minimum absolute atomic E-state index is 0.218. The van der Waals surface area contributed by atoms with Gasteiger partial charge in [0.05, 0.1) is 5.75 Å². The number of nitrogens with zero attached hydrogens (tertiary/aromatic N) is 1. The van der Waals surface area contributed by atoms with E-state index in [0.717, 1.165) is 18.0 Å². The molecule has 0 fully saturated rings. The molecule has 0 aliphatic rings. The fraction of sp³-hybridized carbons (Fsp3) is 0.462. The molecule has 0 radical (unpaired) electrons. The van der Waals surface area contributed by atoms with Crippen LogP contribution in [-0.4, -0.2) is 29.6 Å². The molecule has 1 rings (SSSR count). The summed E-state index contributed by atoms with van der Waals surface area (Å²) in [6.07, 6.45) is 0. The van der Waals surface area contributed by atoms with Gasteiger partial charge in [0.15, 0.2) is 0 Å². The van der Waals surface area contributed by atoms with Gasteiger partial charge in [0.2, 0.25) is 5.91 Å². The molecule has 0 bridgehead atoms. The van der Waals surface area contributed by atoms with Gasteiger partial charge in [0.1, 0.15) is 0 Å². The smallest absolute Gasteiger partial charge is 0.232 e. The fourth-order valence-corrected chi connectivity index (χ4v) is 2.25. The lowest BCUT2D eigenvalue weighted by molar-refractivity contribution is -0.127. The van der Waals surface area contributed by atoms with Crippen molar-refractivity contribution < 1.29 is 4.79 Å². The van der Waals surface area contributed by atoms with Crippen molar-refractivity contribution in [3.8, 4) is 0 Å². The summed E-state index contributed by atoms with van der Waals surface area (Å²) in [7, 11) is 0. The fourth-order valence-electron chi connectivity index (χ4n) is 1.45. The van der Waals surface area contributed by atoms with Crippen LogP contribution < -0.4 is 0 Å². The molecule has 0 heterocycles. The van der Waals surface area contributed by atoms with E-state index in [1.54, 1.807) is 11.8 Å². The minimum Gasteiger partial charge on any atom is -0.343 e. The number of carbonyl (C=O) groups excluding carboxylic acids is 1. The molecule has 3 heteroatoms. The summed E-state index contributed by atoms with van der Waals surface area (Å²) < 4.78 is 0. The van der Waals surface area contributed by atoms with Crippen molar-refractivity contribution in [3.05, 3.63) is 29.8 Å². The van der Waals surface area contributed by atoms with E-state index in [1.165, 1.54) is 5.56 Å². The Bertz CT molecular complexity index is 330. The first-order valence-electron chi connectivity index (χ1n) is 5.64. The Hall–Kier alpha value is -0.960. The number of rotatable bonds is 5. The van der Waals surface area contributed by atoms with Crippen molar-refractivity contribution >= 4 is 17.7 Å². The van der Waals surface area contributed by atoms with E-state index in [2.05, 4.69) is 31.2 Å². The average Bonchev–Trinajstić information content (AvgIpc) is 2.30. The number of aryl methyl sites for hydroxylation is 1. The molecule has 88 valence electrons. The Labute approximate surface area is 102 Å². The third-order valence-electron chi connectivity index (χ3n) is 2.50. The molecule has 0 aliphatic heterocycles. The molecule has 0 N–H and O–H groups in total. The molecule has 16 heavy (non-hydrogen) atoms. The monoisotopic (exact) mass is 237 g/mol. The van der Waals surface area contributed by atoms with E-state index in [9.17, 15) is 4.79 Å². The van der Waals surface area contributed by atoms with Gasteiger partial charge in [-0.05, 0) is 32.9 Å². The lowest BCUT2D eigenvalue weighted by Crippen LogP contribution is -2.31. The predicted octanol–water partition coefficient (Wildman–Crippen LogP) is 2.96. The summed E-state index contributed by atoms with van der Waals surface area (Å²) in [5.41, 5.74) is 1.25. The van der Waals surface area contributed by atoms with Crippen LogP contribution in [0.1, 0.15) is 19.4 Å². The summed E-state index contributed by atoms with van der Waals surface area (Å²) in [6, 6.07) is 8.28. The van der Waals surface area contributed by atoms with Gasteiger partial charge in [0, 0.05) is 18.0 Å². The van der Waals surface area contributed by atoms with Gasteiger partial charge in [-0.15, -0.1) is 11.8 Å². The number of carbonyl (C=O) groups is 1. The number of benzene rings is 1. The molecule has 0 saturated heterocycles. The van der Waals surface area contributed by atoms with Crippen LogP contribution in [-0.2, 0) is 4.79 Å². The molecule has 0 aliphatic carbocycles. The van der Waals surface area contributed by atoms with Gasteiger partial charge in [-0.2, -0.15) is 0 Å². The maximum absolute atomic E-state index is 11.8. The van der Waals surface area contributed by atoms with E-state index >= 15 is 0 Å². The Balaban J connectivity index is 2.45. The topological polar surface area (TPSA) is 20.3 Å². The van der Waals surface area contributed by atoms with E-state index in [4.69, 9.17) is 0 Å². The summed E-state index contributed by atoms with van der Waals surface area (Å²) in [5.74, 6) is 0.751. The number of hydrogen-bond donors (Lipinski definition) is 0. The Morgan fingerprint density at radius 3 is 2.25 bits per heavy atom. The van der Waals surface area contributed by atoms with E-state index in [0.29, 0.717) is 5.75 Å². The largest absolute Gasteiger partial charge is 0.343 e. The normalized spacial score (nSPS) is 10.2. The Kier molecular flexibility index (Phi) is 5.39. The molecule has 0 aromatic heterocycles. The van der Waals surface area contributed by atoms with Crippen LogP contribution in [0.4, 0.5) is 0 Å². The van der Waals surface area contributed by atoms with Crippen molar-refractivity contribution in [3.63, 3.8) is 0 Å². The number of amides is 1. The number of thioether (sulfide) groups is 1. The quantitative estimate of drug-likeness (QED) is 0.734. The molecular weight excluding hydrogens is 218 g/mol. The maximum atomic E-state index is 11.8. The average molecular weight is 237 g/mol. The Morgan fingerprint density at radius 2 is 1.75 bits per heavy atom. The first-order valence-corrected chi connectivity index (χ1v) is 6.63. The summed E-state index contributed by atoms with van der Waals surface area (Å²) in [6.45, 7) is 7.68. The van der Waals surface area contributed by atoms with Gasteiger partial charge in [-0.25, -0.2) is 0 Å². The number of hydrogen-bond acceptors (Lipinski definition) is 2. The molecule has 1 aromatic rings. The highest BCUT2D eigenvalue weighted by molar-refractivity contribution is 8.00. The lowest BCUT2D eigenvalue weighted by Gasteiger charge is -2.18. The van der Waals surface area contributed by atoms with Crippen LogP contribution in [0.5, 0.6) is 0 Å². The highest BCUT2D eigenvalue weighted by Gasteiger charge is 2.09. The zero-order valence-electron chi connectivity index (χ0n) is 10.2. The standard InChI is InChI=1S/C13H19NOS/c1-4-14(5-2)13(15)10-16-12-8-6-11(3)7-9-12/h6-9H,4-5,10H2,1-3H3. The minimum atomic E-state index is 0.218. The zero-order chi connectivity index (χ0) is 12.0. The van der Waals surface area contributed by atoms with Crippen LogP contribution in [0, 0.1) is 6.92 Å². The van der Waals surface area contributed by atoms with Crippen molar-refractivity contribution in [2.45, 2.75) is 25.7 Å². The van der Waals surface area contributed by atoms with Crippen LogP contribution in [0.25, 0.3) is 0 Å². The third kappa shape index (κ3) is 3.89. The second kappa shape index (κ2) is 6.59. The van der Waals surface area contributed by atoms with Crippen LogP contribution >= 0.6 is 11.8 Å². The highest BCUT2D eigenvalue weighted by atomic mass is 32.2. The second-order valence-corrected chi connectivity index (χ2v) is 4.72. The Morgan fingerprint density at radius 1 is 1.19 bits per heavy atom.